The second kappa shape index (κ2) is 5.89. The van der Waals surface area contributed by atoms with Gasteiger partial charge >= 0.3 is 0 Å². The van der Waals surface area contributed by atoms with Crippen molar-refractivity contribution < 1.29 is 4.21 Å². The lowest BCUT2D eigenvalue weighted by Gasteiger charge is -2.21. The van der Waals surface area contributed by atoms with Crippen molar-refractivity contribution in [3.8, 4) is 6.07 Å². The van der Waals surface area contributed by atoms with Gasteiger partial charge in [0.25, 0.3) is 0 Å². The average molecular weight is 249 g/mol. The minimum Gasteiger partial charge on any atom is -0.316 e. The maximum Gasteiger partial charge on any atom is 0.128 e. The number of pyridine rings is 1. The Kier molecular flexibility index (Phi) is 4.24. The summed E-state index contributed by atoms with van der Waals surface area (Å²) < 4.78 is 12.1. The molecule has 5 heteroatoms. The van der Waals surface area contributed by atoms with Crippen LogP contribution in [0.25, 0.3) is 0 Å². The van der Waals surface area contributed by atoms with E-state index in [0.29, 0.717) is 22.3 Å². The van der Waals surface area contributed by atoms with Crippen molar-refractivity contribution in [1.82, 2.24) is 10.3 Å². The van der Waals surface area contributed by atoms with Gasteiger partial charge in [-0.1, -0.05) is 0 Å². The maximum absolute atomic E-state index is 12.1. The van der Waals surface area contributed by atoms with Gasteiger partial charge < -0.3 is 5.32 Å². The van der Waals surface area contributed by atoms with Crippen molar-refractivity contribution in [3.63, 3.8) is 0 Å². The van der Waals surface area contributed by atoms with Crippen LogP contribution in [0.1, 0.15) is 18.4 Å². The van der Waals surface area contributed by atoms with Crippen LogP contribution >= 0.6 is 0 Å². The Hall–Kier alpha value is -1.25. The first-order chi connectivity index (χ1) is 8.29. The van der Waals surface area contributed by atoms with E-state index < -0.39 is 10.8 Å². The summed E-state index contributed by atoms with van der Waals surface area (Å²) in [7, 11) is -1.10. The fraction of sp³-hybridized carbons (Fsp3) is 0.500. The van der Waals surface area contributed by atoms with Crippen LogP contribution in [-0.2, 0) is 10.8 Å². The Balaban J connectivity index is 2.01. The largest absolute Gasteiger partial charge is 0.316 e. The summed E-state index contributed by atoms with van der Waals surface area (Å²) in [6.07, 6.45) is 3.81. The Morgan fingerprint density at radius 2 is 2.53 bits per heavy atom. The minimum absolute atomic E-state index is 0.456. The normalized spacial score (nSPS) is 21.7. The molecule has 1 fully saturated rings. The third kappa shape index (κ3) is 3.35. The van der Waals surface area contributed by atoms with E-state index in [9.17, 15) is 4.21 Å². The molecule has 1 aliphatic heterocycles. The van der Waals surface area contributed by atoms with E-state index in [1.165, 1.54) is 0 Å². The molecular formula is C12H15N3OS. The molecule has 2 atom stereocenters. The molecule has 4 nitrogen and oxygen atoms in total. The first-order valence-electron chi connectivity index (χ1n) is 5.75. The average Bonchev–Trinajstić information content (AvgIpc) is 2.40. The van der Waals surface area contributed by atoms with Gasteiger partial charge in [0, 0.05) is 11.9 Å². The number of nitrogens with zero attached hydrogens (tertiary/aromatic N) is 2. The molecule has 2 rings (SSSR count). The predicted molar refractivity (Wildman–Crippen MR) is 65.8 cm³/mol. The summed E-state index contributed by atoms with van der Waals surface area (Å²) >= 11 is 0. The van der Waals surface area contributed by atoms with Gasteiger partial charge in [-0.2, -0.15) is 5.26 Å². The molecule has 1 saturated heterocycles. The van der Waals surface area contributed by atoms with Crippen LogP contribution in [0.2, 0.25) is 0 Å². The Bertz CT molecular complexity index is 449. The molecule has 0 aromatic carbocycles. The van der Waals surface area contributed by atoms with Crippen LogP contribution in [0.3, 0.4) is 0 Å². The van der Waals surface area contributed by atoms with Crippen molar-refractivity contribution >= 4 is 10.8 Å². The number of aromatic nitrogens is 1. The van der Waals surface area contributed by atoms with Crippen LogP contribution < -0.4 is 5.32 Å². The fourth-order valence-corrected chi connectivity index (χ4v) is 3.29. The SMILES string of the molecule is N#Cc1ccnc([S@](=O)C[C@H]2CCCNC2)c1. The summed E-state index contributed by atoms with van der Waals surface area (Å²) in [5.74, 6) is 1.09. The first-order valence-corrected chi connectivity index (χ1v) is 7.07. The van der Waals surface area contributed by atoms with Crippen molar-refractivity contribution in [3.05, 3.63) is 23.9 Å². The van der Waals surface area contributed by atoms with Gasteiger partial charge in [-0.25, -0.2) is 4.98 Å². The third-order valence-electron chi connectivity index (χ3n) is 2.88. The van der Waals surface area contributed by atoms with Gasteiger partial charge in [0.1, 0.15) is 5.03 Å². The second-order valence-corrected chi connectivity index (χ2v) is 5.66. The van der Waals surface area contributed by atoms with E-state index in [1.807, 2.05) is 6.07 Å². The van der Waals surface area contributed by atoms with Crippen LogP contribution in [-0.4, -0.2) is 28.0 Å². The number of piperidine rings is 1. The monoisotopic (exact) mass is 249 g/mol. The highest BCUT2D eigenvalue weighted by molar-refractivity contribution is 7.84. The highest BCUT2D eigenvalue weighted by Gasteiger charge is 2.17. The first kappa shape index (κ1) is 12.2. The van der Waals surface area contributed by atoms with Crippen molar-refractivity contribution in [2.75, 3.05) is 18.8 Å². The quantitative estimate of drug-likeness (QED) is 0.870. The summed E-state index contributed by atoms with van der Waals surface area (Å²) in [6.45, 7) is 2.00. The molecule has 0 radical (unpaired) electrons. The molecule has 0 aliphatic carbocycles. The van der Waals surface area contributed by atoms with E-state index in [4.69, 9.17) is 5.26 Å². The molecule has 0 unspecified atom stereocenters. The molecule has 1 aromatic heterocycles. The number of rotatable bonds is 3. The third-order valence-corrected chi connectivity index (χ3v) is 4.35. The lowest BCUT2D eigenvalue weighted by molar-refractivity contribution is 0.408. The molecule has 2 heterocycles. The van der Waals surface area contributed by atoms with E-state index in [1.54, 1.807) is 18.3 Å². The molecule has 1 N–H and O–H groups in total. The zero-order chi connectivity index (χ0) is 12.1. The number of nitriles is 1. The number of hydrogen-bond acceptors (Lipinski definition) is 4. The maximum atomic E-state index is 12.1. The van der Waals surface area contributed by atoms with Gasteiger partial charge in [0.15, 0.2) is 0 Å². The van der Waals surface area contributed by atoms with Gasteiger partial charge in [-0.15, -0.1) is 0 Å². The van der Waals surface area contributed by atoms with Crippen LogP contribution in [0, 0.1) is 17.2 Å². The zero-order valence-corrected chi connectivity index (χ0v) is 10.4. The molecule has 1 aromatic rings. The Morgan fingerprint density at radius 1 is 1.65 bits per heavy atom. The fourth-order valence-electron chi connectivity index (χ4n) is 1.97. The van der Waals surface area contributed by atoms with E-state index in [2.05, 4.69) is 10.3 Å². The molecule has 0 spiro atoms. The summed E-state index contributed by atoms with van der Waals surface area (Å²) in [4.78, 5) is 4.08. The topological polar surface area (TPSA) is 65.8 Å². The number of hydrogen-bond donors (Lipinski definition) is 1. The van der Waals surface area contributed by atoms with E-state index in [0.717, 1.165) is 25.9 Å². The smallest absolute Gasteiger partial charge is 0.128 e. The molecule has 17 heavy (non-hydrogen) atoms. The molecule has 0 saturated carbocycles. The second-order valence-electron chi connectivity index (χ2n) is 4.22. The summed E-state index contributed by atoms with van der Waals surface area (Å²) in [5, 5.41) is 12.6. The predicted octanol–water partition coefficient (Wildman–Crippen LogP) is 1.06. The highest BCUT2D eigenvalue weighted by Crippen LogP contribution is 2.15. The van der Waals surface area contributed by atoms with Gasteiger partial charge in [-0.05, 0) is 44.0 Å². The molecule has 90 valence electrons. The number of nitrogens with one attached hydrogen (secondary N) is 1. The lowest BCUT2D eigenvalue weighted by Crippen LogP contribution is -2.32. The van der Waals surface area contributed by atoms with Crippen LogP contribution in [0.5, 0.6) is 0 Å². The Morgan fingerprint density at radius 3 is 3.24 bits per heavy atom. The standard InChI is InChI=1S/C12H15N3OS/c13-7-10-3-5-15-12(6-10)17(16)9-11-2-1-4-14-8-11/h3,5-6,11,14H,1-2,4,8-9H2/t11-,17+/m0/s1. The van der Waals surface area contributed by atoms with Gasteiger partial charge in [0.2, 0.25) is 0 Å². The van der Waals surface area contributed by atoms with Gasteiger partial charge in [0.05, 0.1) is 22.4 Å². The van der Waals surface area contributed by atoms with Crippen molar-refractivity contribution in [2.24, 2.45) is 5.92 Å². The summed E-state index contributed by atoms with van der Waals surface area (Å²) in [5.41, 5.74) is 0.519. The lowest BCUT2D eigenvalue weighted by atomic mass is 10.0. The van der Waals surface area contributed by atoms with E-state index >= 15 is 0 Å². The van der Waals surface area contributed by atoms with Crippen molar-refractivity contribution in [2.45, 2.75) is 17.9 Å². The summed E-state index contributed by atoms with van der Waals surface area (Å²) in [6, 6.07) is 5.28. The van der Waals surface area contributed by atoms with Gasteiger partial charge in [-0.3, -0.25) is 4.21 Å². The molecular weight excluding hydrogens is 234 g/mol. The van der Waals surface area contributed by atoms with Crippen molar-refractivity contribution in [1.29, 1.82) is 5.26 Å². The Labute approximate surface area is 104 Å². The van der Waals surface area contributed by atoms with E-state index in [-0.39, 0.29) is 0 Å². The minimum atomic E-state index is -1.10. The van der Waals surface area contributed by atoms with Crippen LogP contribution in [0.4, 0.5) is 0 Å². The molecule has 0 bridgehead atoms. The molecule has 0 amide bonds. The van der Waals surface area contributed by atoms with Crippen LogP contribution in [0.15, 0.2) is 23.4 Å². The highest BCUT2D eigenvalue weighted by atomic mass is 32.2. The zero-order valence-electron chi connectivity index (χ0n) is 9.56. The molecule has 1 aliphatic rings.